The van der Waals surface area contributed by atoms with Crippen LogP contribution >= 0.6 is 0 Å². The lowest BCUT2D eigenvalue weighted by molar-refractivity contribution is -0.138. The van der Waals surface area contributed by atoms with Crippen LogP contribution in [0.5, 0.6) is 0 Å². The first-order valence-corrected chi connectivity index (χ1v) is 12.9. The first-order chi connectivity index (χ1) is 15.0. The van der Waals surface area contributed by atoms with Gasteiger partial charge in [0.2, 0.25) is 0 Å². The minimum Gasteiger partial charge on any atom is -0.481 e. The van der Waals surface area contributed by atoms with E-state index in [4.69, 9.17) is 0 Å². The van der Waals surface area contributed by atoms with Crippen molar-refractivity contribution >= 4 is 5.97 Å². The van der Waals surface area contributed by atoms with Crippen molar-refractivity contribution in [1.82, 2.24) is 0 Å². The van der Waals surface area contributed by atoms with Crippen molar-refractivity contribution in [3.8, 4) is 0 Å². The molecule has 0 saturated heterocycles. The van der Waals surface area contributed by atoms with E-state index < -0.39 is 5.97 Å². The molecule has 0 saturated carbocycles. The summed E-state index contributed by atoms with van der Waals surface area (Å²) in [7, 11) is 0. The van der Waals surface area contributed by atoms with Gasteiger partial charge in [-0.3, -0.25) is 4.79 Å². The van der Waals surface area contributed by atoms with E-state index in [1.54, 1.807) is 0 Å². The predicted molar refractivity (Wildman–Crippen MR) is 134 cm³/mol. The highest BCUT2D eigenvalue weighted by atomic mass is 16.4. The first kappa shape index (κ1) is 27.5. The fourth-order valence-corrected chi connectivity index (χ4v) is 4.35. The summed E-state index contributed by atoms with van der Waals surface area (Å²) in [6, 6.07) is 10.5. The molecule has 31 heavy (non-hydrogen) atoms. The minimum absolute atomic E-state index is 0.289. The van der Waals surface area contributed by atoms with Gasteiger partial charge in [-0.15, -0.1) is 0 Å². The monoisotopic (exact) mass is 428 g/mol. The molecule has 1 aromatic rings. The largest absolute Gasteiger partial charge is 0.481 e. The summed E-state index contributed by atoms with van der Waals surface area (Å²) in [5, 5.41) is 9.35. The molecule has 0 aliphatic rings. The lowest BCUT2D eigenvalue weighted by Gasteiger charge is -2.19. The molecule has 0 bridgehead atoms. The average Bonchev–Trinajstić information content (AvgIpc) is 2.74. The van der Waals surface area contributed by atoms with Crippen LogP contribution in [0.2, 0.25) is 0 Å². The van der Waals surface area contributed by atoms with Crippen molar-refractivity contribution in [1.29, 1.82) is 0 Å². The molecule has 1 N–H and O–H groups in total. The fourth-order valence-electron chi connectivity index (χ4n) is 4.35. The molecule has 2 heteroatoms. The Bertz CT molecular complexity index is 576. The standard InChI is InChI=1S/C29H48O2/c1-4-5-6-7-8-9-11-15-27(21-20-25(2)3)18-14-19-28(24-29(30)31)23-22-26-16-12-10-13-17-26/h9-13,16-17,25,27-28H,4-8,14-15,18-24H2,1-3H3,(H,30,31). The van der Waals surface area contributed by atoms with Crippen LogP contribution in [0.25, 0.3) is 0 Å². The highest BCUT2D eigenvalue weighted by Crippen LogP contribution is 2.26. The number of hydrogen-bond acceptors (Lipinski definition) is 1. The first-order valence-electron chi connectivity index (χ1n) is 12.9. The zero-order valence-corrected chi connectivity index (χ0v) is 20.5. The maximum Gasteiger partial charge on any atom is 0.303 e. The lowest BCUT2D eigenvalue weighted by Crippen LogP contribution is -2.10. The van der Waals surface area contributed by atoms with E-state index in [1.807, 2.05) is 6.07 Å². The van der Waals surface area contributed by atoms with E-state index in [2.05, 4.69) is 57.2 Å². The quantitative estimate of drug-likeness (QED) is 0.176. The van der Waals surface area contributed by atoms with Crippen LogP contribution in [-0.2, 0) is 11.2 Å². The van der Waals surface area contributed by atoms with Crippen molar-refractivity contribution in [2.45, 2.75) is 111 Å². The Morgan fingerprint density at radius 1 is 0.871 bits per heavy atom. The van der Waals surface area contributed by atoms with Crippen molar-refractivity contribution in [2.24, 2.45) is 17.8 Å². The number of carboxylic acid groups (broad SMARTS) is 1. The molecule has 0 heterocycles. The van der Waals surface area contributed by atoms with Crippen molar-refractivity contribution in [3.05, 3.63) is 48.0 Å². The van der Waals surface area contributed by atoms with Gasteiger partial charge in [0.15, 0.2) is 0 Å². The number of hydrogen-bond donors (Lipinski definition) is 1. The SMILES string of the molecule is CCCCCCC=CCC(CCCC(CCc1ccccc1)CC(=O)O)CCC(C)C. The van der Waals surface area contributed by atoms with E-state index in [9.17, 15) is 9.90 Å². The lowest BCUT2D eigenvalue weighted by atomic mass is 9.86. The zero-order chi connectivity index (χ0) is 22.7. The van der Waals surface area contributed by atoms with Crippen LogP contribution in [0, 0.1) is 17.8 Å². The molecule has 0 amide bonds. The number of benzene rings is 1. The third kappa shape index (κ3) is 15.8. The summed E-state index contributed by atoms with van der Waals surface area (Å²) >= 11 is 0. The molecule has 1 aromatic carbocycles. The van der Waals surface area contributed by atoms with E-state index in [-0.39, 0.29) is 5.92 Å². The van der Waals surface area contributed by atoms with Gasteiger partial charge in [0.25, 0.3) is 0 Å². The van der Waals surface area contributed by atoms with Gasteiger partial charge in [-0.1, -0.05) is 102 Å². The molecule has 0 fully saturated rings. The Morgan fingerprint density at radius 2 is 1.61 bits per heavy atom. The van der Waals surface area contributed by atoms with E-state index >= 15 is 0 Å². The van der Waals surface area contributed by atoms with Gasteiger partial charge in [-0.25, -0.2) is 0 Å². The van der Waals surface area contributed by atoms with Crippen LogP contribution in [0.4, 0.5) is 0 Å². The van der Waals surface area contributed by atoms with Crippen LogP contribution in [0.15, 0.2) is 42.5 Å². The molecule has 0 aliphatic heterocycles. The fraction of sp³-hybridized carbons (Fsp3) is 0.690. The number of carbonyl (C=O) groups is 1. The van der Waals surface area contributed by atoms with Gasteiger partial charge in [0.1, 0.15) is 0 Å². The molecular formula is C29H48O2. The second-order valence-corrected chi connectivity index (χ2v) is 9.81. The molecule has 1 rings (SSSR count). The summed E-state index contributed by atoms with van der Waals surface area (Å²) in [5.41, 5.74) is 1.32. The van der Waals surface area contributed by atoms with Gasteiger partial charge < -0.3 is 5.11 Å². The molecule has 2 atom stereocenters. The van der Waals surface area contributed by atoms with Gasteiger partial charge >= 0.3 is 5.97 Å². The minimum atomic E-state index is -0.652. The second-order valence-electron chi connectivity index (χ2n) is 9.81. The van der Waals surface area contributed by atoms with Gasteiger partial charge in [-0.05, 0) is 68.3 Å². The maximum absolute atomic E-state index is 11.4. The predicted octanol–water partition coefficient (Wildman–Crippen LogP) is 8.85. The summed E-state index contributed by atoms with van der Waals surface area (Å²) in [6.45, 7) is 6.89. The summed E-state index contributed by atoms with van der Waals surface area (Å²) in [5.74, 6) is 1.14. The third-order valence-corrected chi connectivity index (χ3v) is 6.38. The van der Waals surface area contributed by atoms with Crippen molar-refractivity contribution in [3.63, 3.8) is 0 Å². The molecule has 0 radical (unpaired) electrons. The number of carboxylic acids is 1. The van der Waals surface area contributed by atoms with Crippen LogP contribution < -0.4 is 0 Å². The average molecular weight is 429 g/mol. The highest BCUT2D eigenvalue weighted by Gasteiger charge is 2.15. The van der Waals surface area contributed by atoms with Crippen molar-refractivity contribution in [2.75, 3.05) is 0 Å². The summed E-state index contributed by atoms with van der Waals surface area (Å²) in [6.07, 6.45) is 20.8. The Labute approximate surface area is 192 Å². The van der Waals surface area contributed by atoms with Gasteiger partial charge in [-0.2, -0.15) is 0 Å². The van der Waals surface area contributed by atoms with E-state index in [0.29, 0.717) is 6.42 Å². The number of aryl methyl sites for hydroxylation is 1. The molecule has 0 aromatic heterocycles. The third-order valence-electron chi connectivity index (χ3n) is 6.38. The second kappa shape index (κ2) is 18.0. The number of unbranched alkanes of at least 4 members (excludes halogenated alkanes) is 4. The van der Waals surface area contributed by atoms with Crippen LogP contribution in [-0.4, -0.2) is 11.1 Å². The summed E-state index contributed by atoms with van der Waals surface area (Å²) in [4.78, 5) is 11.4. The Hall–Kier alpha value is -1.57. The number of aliphatic carboxylic acids is 1. The van der Waals surface area contributed by atoms with Crippen LogP contribution in [0.3, 0.4) is 0 Å². The molecule has 176 valence electrons. The molecular weight excluding hydrogens is 380 g/mol. The highest BCUT2D eigenvalue weighted by molar-refractivity contribution is 5.67. The van der Waals surface area contributed by atoms with Gasteiger partial charge in [0, 0.05) is 6.42 Å². The smallest absolute Gasteiger partial charge is 0.303 e. The molecule has 2 unspecified atom stereocenters. The summed E-state index contributed by atoms with van der Waals surface area (Å²) < 4.78 is 0. The van der Waals surface area contributed by atoms with E-state index in [0.717, 1.165) is 37.5 Å². The van der Waals surface area contributed by atoms with Crippen molar-refractivity contribution < 1.29 is 9.90 Å². The normalized spacial score (nSPS) is 13.7. The topological polar surface area (TPSA) is 37.3 Å². The molecule has 2 nitrogen and oxygen atoms in total. The maximum atomic E-state index is 11.4. The zero-order valence-electron chi connectivity index (χ0n) is 20.5. The van der Waals surface area contributed by atoms with E-state index in [1.165, 1.54) is 63.4 Å². The number of rotatable bonds is 19. The Morgan fingerprint density at radius 3 is 2.29 bits per heavy atom. The molecule has 0 spiro atoms. The number of allylic oxidation sites excluding steroid dienone is 2. The van der Waals surface area contributed by atoms with Gasteiger partial charge in [0.05, 0.1) is 0 Å². The Balaban J connectivity index is 2.44. The molecule has 0 aliphatic carbocycles. The Kier molecular flexibility index (Phi) is 16.0. The van der Waals surface area contributed by atoms with Crippen LogP contribution in [0.1, 0.15) is 110 Å².